The Morgan fingerprint density at radius 3 is 2.48 bits per heavy atom. The number of nitrogens with zero attached hydrogens (tertiary/aromatic N) is 3. The van der Waals surface area contributed by atoms with Crippen molar-refractivity contribution in [3.05, 3.63) is 71.0 Å². The zero-order valence-electron chi connectivity index (χ0n) is 18.2. The Bertz CT molecular complexity index is 1060. The van der Waals surface area contributed by atoms with Gasteiger partial charge in [-0.2, -0.15) is 0 Å². The van der Waals surface area contributed by atoms with Crippen LogP contribution in [0.25, 0.3) is 0 Å². The van der Waals surface area contributed by atoms with Gasteiger partial charge in [0.2, 0.25) is 5.91 Å². The molecule has 0 saturated heterocycles. The third-order valence-electron chi connectivity index (χ3n) is 4.74. The van der Waals surface area contributed by atoms with Crippen molar-refractivity contribution in [2.24, 2.45) is 0 Å². The Kier molecular flexibility index (Phi) is 7.46. The molecule has 0 spiro atoms. The summed E-state index contributed by atoms with van der Waals surface area (Å²) >= 11 is 1.32. The van der Waals surface area contributed by atoms with Crippen LogP contribution in [0.15, 0.2) is 53.7 Å². The molecule has 0 bridgehead atoms. The van der Waals surface area contributed by atoms with Crippen molar-refractivity contribution in [1.29, 1.82) is 0 Å². The molecule has 3 rings (SSSR count). The second-order valence-corrected chi connectivity index (χ2v) is 8.30. The van der Waals surface area contributed by atoms with E-state index in [1.54, 1.807) is 6.07 Å². The van der Waals surface area contributed by atoms with Crippen LogP contribution in [0.2, 0.25) is 0 Å². The van der Waals surface area contributed by atoms with E-state index in [9.17, 15) is 9.59 Å². The van der Waals surface area contributed by atoms with Crippen LogP contribution in [0, 0.1) is 13.8 Å². The van der Waals surface area contributed by atoms with Gasteiger partial charge in [0.05, 0.1) is 11.8 Å². The van der Waals surface area contributed by atoms with Crippen molar-refractivity contribution in [1.82, 2.24) is 20.1 Å². The number of hydrogen-bond donors (Lipinski definition) is 2. The van der Waals surface area contributed by atoms with E-state index >= 15 is 0 Å². The van der Waals surface area contributed by atoms with E-state index in [0.717, 1.165) is 16.8 Å². The number of aromatic nitrogens is 3. The van der Waals surface area contributed by atoms with Crippen molar-refractivity contribution in [3.8, 4) is 0 Å². The van der Waals surface area contributed by atoms with Gasteiger partial charge >= 0.3 is 0 Å². The summed E-state index contributed by atoms with van der Waals surface area (Å²) < 4.78 is 1.92. The highest BCUT2D eigenvalue weighted by molar-refractivity contribution is 7.99. The lowest BCUT2D eigenvalue weighted by Gasteiger charge is -2.15. The summed E-state index contributed by atoms with van der Waals surface area (Å²) in [7, 11) is 0. The molecule has 1 heterocycles. The van der Waals surface area contributed by atoms with E-state index in [1.165, 1.54) is 11.8 Å². The fraction of sp³-hybridized carbons (Fsp3) is 0.304. The number of amides is 2. The average Bonchev–Trinajstić information content (AvgIpc) is 3.17. The first-order valence-electron chi connectivity index (χ1n) is 10.2. The molecule has 0 saturated carbocycles. The highest BCUT2D eigenvalue weighted by atomic mass is 32.2. The molecule has 0 aliphatic carbocycles. The van der Waals surface area contributed by atoms with E-state index in [4.69, 9.17) is 0 Å². The van der Waals surface area contributed by atoms with Crippen molar-refractivity contribution in [2.45, 2.75) is 45.4 Å². The molecule has 7 nitrogen and oxygen atoms in total. The maximum absolute atomic E-state index is 12.6. The largest absolute Gasteiger partial charge is 0.342 e. The van der Waals surface area contributed by atoms with Gasteiger partial charge in [0.1, 0.15) is 0 Å². The molecule has 2 N–H and O–H groups in total. The van der Waals surface area contributed by atoms with Gasteiger partial charge in [-0.05, 0) is 52.0 Å². The summed E-state index contributed by atoms with van der Waals surface area (Å²) in [5.41, 5.74) is 3.54. The lowest BCUT2D eigenvalue weighted by molar-refractivity contribution is -0.113. The van der Waals surface area contributed by atoms with Crippen molar-refractivity contribution < 1.29 is 9.59 Å². The molecular formula is C23H27N5O2S. The second-order valence-electron chi connectivity index (χ2n) is 7.35. The Labute approximate surface area is 186 Å². The van der Waals surface area contributed by atoms with Gasteiger partial charge in [-0.15, -0.1) is 10.2 Å². The number of carbonyl (C=O) groups is 2. The molecule has 0 aliphatic rings. The molecule has 1 aromatic heterocycles. The van der Waals surface area contributed by atoms with E-state index in [2.05, 4.69) is 20.8 Å². The second kappa shape index (κ2) is 10.3. The Morgan fingerprint density at radius 1 is 1.06 bits per heavy atom. The van der Waals surface area contributed by atoms with Crippen LogP contribution >= 0.6 is 11.8 Å². The molecule has 2 aromatic carbocycles. The van der Waals surface area contributed by atoms with Gasteiger partial charge in [-0.25, -0.2) is 0 Å². The van der Waals surface area contributed by atoms with Crippen LogP contribution in [0.5, 0.6) is 0 Å². The normalized spacial score (nSPS) is 11.7. The highest BCUT2D eigenvalue weighted by Crippen LogP contribution is 2.21. The van der Waals surface area contributed by atoms with E-state index < -0.39 is 0 Å². The van der Waals surface area contributed by atoms with Gasteiger partial charge in [0, 0.05) is 17.8 Å². The number of hydrogen-bond acceptors (Lipinski definition) is 5. The third-order valence-corrected chi connectivity index (χ3v) is 5.71. The lowest BCUT2D eigenvalue weighted by atomic mass is 10.1. The van der Waals surface area contributed by atoms with Gasteiger partial charge in [-0.1, -0.05) is 47.2 Å². The van der Waals surface area contributed by atoms with Crippen LogP contribution in [0.4, 0.5) is 5.69 Å². The number of rotatable bonds is 8. The van der Waals surface area contributed by atoms with E-state index in [-0.39, 0.29) is 23.6 Å². The Balaban J connectivity index is 1.62. The fourth-order valence-corrected chi connectivity index (χ4v) is 3.93. The first-order valence-corrected chi connectivity index (χ1v) is 11.2. The quantitative estimate of drug-likeness (QED) is 0.517. The Hall–Kier alpha value is -3.13. The van der Waals surface area contributed by atoms with Crippen LogP contribution in [-0.4, -0.2) is 32.3 Å². The molecule has 0 radical (unpaired) electrons. The number of benzene rings is 2. The summed E-state index contributed by atoms with van der Waals surface area (Å²) in [4.78, 5) is 24.9. The third kappa shape index (κ3) is 5.95. The van der Waals surface area contributed by atoms with Gasteiger partial charge in [0.15, 0.2) is 11.0 Å². The SMILES string of the molecule is CCn1c(SCC(=O)Nc2ccc(C)cc2)nnc1[C@H](C)NC(=O)c1cccc(C)c1. The number of aryl methyl sites for hydroxylation is 2. The van der Waals surface area contributed by atoms with Gasteiger partial charge in [-0.3, -0.25) is 9.59 Å². The number of nitrogens with one attached hydrogen (secondary N) is 2. The molecule has 31 heavy (non-hydrogen) atoms. The van der Waals surface area contributed by atoms with Gasteiger partial charge in [0.25, 0.3) is 5.91 Å². The molecule has 2 amide bonds. The van der Waals surface area contributed by atoms with Crippen LogP contribution < -0.4 is 10.6 Å². The van der Waals surface area contributed by atoms with E-state index in [0.29, 0.717) is 23.1 Å². The standard InChI is InChI=1S/C23H27N5O2S/c1-5-28-21(17(4)24-22(30)18-8-6-7-16(3)13-18)26-27-23(28)31-14-20(29)25-19-11-9-15(2)10-12-19/h6-13,17H,5,14H2,1-4H3,(H,24,30)(H,25,29)/t17-/m0/s1. The molecule has 0 unspecified atom stereocenters. The maximum atomic E-state index is 12.6. The van der Waals surface area contributed by atoms with Crippen LogP contribution in [0.3, 0.4) is 0 Å². The van der Waals surface area contributed by atoms with Gasteiger partial charge < -0.3 is 15.2 Å². The minimum absolute atomic E-state index is 0.109. The number of thioether (sulfide) groups is 1. The summed E-state index contributed by atoms with van der Waals surface area (Å²) in [5, 5.41) is 15.0. The molecule has 0 aliphatic heterocycles. The summed E-state index contributed by atoms with van der Waals surface area (Å²) in [5.74, 6) is 0.607. The van der Waals surface area contributed by atoms with Crippen LogP contribution in [-0.2, 0) is 11.3 Å². The molecular weight excluding hydrogens is 410 g/mol. The summed E-state index contributed by atoms with van der Waals surface area (Å²) in [6.07, 6.45) is 0. The Morgan fingerprint density at radius 2 is 1.81 bits per heavy atom. The summed E-state index contributed by atoms with van der Waals surface area (Å²) in [6.45, 7) is 8.45. The topological polar surface area (TPSA) is 88.9 Å². The smallest absolute Gasteiger partial charge is 0.251 e. The lowest BCUT2D eigenvalue weighted by Crippen LogP contribution is -2.28. The molecule has 3 aromatic rings. The zero-order chi connectivity index (χ0) is 22.4. The first-order chi connectivity index (χ1) is 14.9. The van der Waals surface area contributed by atoms with Crippen molar-refractivity contribution >= 4 is 29.3 Å². The average molecular weight is 438 g/mol. The molecule has 1 atom stereocenters. The minimum atomic E-state index is -0.323. The zero-order valence-corrected chi connectivity index (χ0v) is 19.0. The first kappa shape index (κ1) is 22.6. The molecule has 8 heteroatoms. The predicted molar refractivity (Wildman–Crippen MR) is 123 cm³/mol. The highest BCUT2D eigenvalue weighted by Gasteiger charge is 2.20. The molecule has 162 valence electrons. The number of carbonyl (C=O) groups excluding carboxylic acids is 2. The maximum Gasteiger partial charge on any atom is 0.251 e. The number of anilines is 1. The monoisotopic (exact) mass is 437 g/mol. The fourth-order valence-electron chi connectivity index (χ4n) is 3.12. The van der Waals surface area contributed by atoms with Crippen molar-refractivity contribution in [3.63, 3.8) is 0 Å². The molecule has 0 fully saturated rings. The van der Waals surface area contributed by atoms with Crippen LogP contribution in [0.1, 0.15) is 47.2 Å². The van der Waals surface area contributed by atoms with E-state index in [1.807, 2.05) is 74.7 Å². The minimum Gasteiger partial charge on any atom is -0.342 e. The predicted octanol–water partition coefficient (Wildman–Crippen LogP) is 4.14. The summed E-state index contributed by atoms with van der Waals surface area (Å²) in [6, 6.07) is 14.8. The van der Waals surface area contributed by atoms with Crippen molar-refractivity contribution in [2.75, 3.05) is 11.1 Å².